The van der Waals surface area contributed by atoms with Crippen molar-refractivity contribution in [1.29, 1.82) is 0 Å². The van der Waals surface area contributed by atoms with Crippen molar-refractivity contribution < 1.29 is 79.8 Å². The molecule has 4 N–H and O–H groups in total. The second-order valence-electron chi connectivity index (χ2n) is 22.5. The summed E-state index contributed by atoms with van der Waals surface area (Å²) in [7, 11) is 0. The van der Waals surface area contributed by atoms with Crippen LogP contribution in [-0.2, 0) is 76.3 Å². The summed E-state index contributed by atoms with van der Waals surface area (Å²) in [6, 6.07) is 22.1. The summed E-state index contributed by atoms with van der Waals surface area (Å²) < 4.78 is 92.3. The predicted octanol–water partition coefficient (Wildman–Crippen LogP) is 8.46. The number of thiophene rings is 1. The number of carbonyl (C=O) groups is 5. The van der Waals surface area contributed by atoms with Crippen LogP contribution in [0.1, 0.15) is 65.9 Å². The molecule has 2 aliphatic heterocycles. The lowest BCUT2D eigenvalue weighted by Gasteiger charge is -2.37. The highest BCUT2D eigenvalue weighted by Crippen LogP contribution is 2.43. The molecular weight excluding hydrogens is 1300 g/mol. The van der Waals surface area contributed by atoms with E-state index in [1.54, 1.807) is 18.2 Å². The van der Waals surface area contributed by atoms with Gasteiger partial charge in [-0.25, -0.2) is 13.2 Å². The maximum Gasteiger partial charge on any atom is 0.272 e. The molecule has 1 unspecified atom stereocenters. The van der Waals surface area contributed by atoms with E-state index in [-0.39, 0.29) is 89.2 Å². The van der Waals surface area contributed by atoms with Crippen LogP contribution < -0.4 is 30.9 Å². The normalized spacial score (nSPS) is 15.1. The molecule has 5 aromatic rings. The molecule has 3 heterocycles. The van der Waals surface area contributed by atoms with Crippen molar-refractivity contribution in [3.8, 4) is 11.5 Å². The van der Waals surface area contributed by atoms with Gasteiger partial charge in [0.05, 0.1) is 129 Å². The molecule has 1 aliphatic carbocycles. The molecule has 21 nitrogen and oxygen atoms in total. The van der Waals surface area contributed by atoms with Gasteiger partial charge >= 0.3 is 0 Å². The van der Waals surface area contributed by atoms with Crippen molar-refractivity contribution in [2.45, 2.75) is 76.9 Å². The first-order valence-corrected chi connectivity index (χ1v) is 33.4. The van der Waals surface area contributed by atoms with Gasteiger partial charge in [-0.2, -0.15) is 0 Å². The Morgan fingerprint density at radius 3 is 1.77 bits per heavy atom. The standard InChI is InChI=1S/C67H84Cl2F3N7O14S.CH4/c68-52-44-61(93-60-15-38-94-65(60)67(84)79-21-20-77(51-12-13-51)57-9-4-5-10-58(57)79)53(69)41-48(52)11-14-62(80)74-16-22-85-24-26-87-28-30-89-32-34-91-36-37-92-35-33-90-31-29-88-27-25-86-23-17-75-63(81)46-76-18-6-19-78(59(66(76)83)39-47-7-2-1-3-8-47)64(82)43-50(73)40-49-42-55(71)56(72)45-54(49)70;/h1-5,7-10,15,38,41-42,44-45,50-51,59H,6,11-14,16-37,39-40,43,46,73H2,(H,74,80)(H,75,81);1H4/t50-,59?;/m1./s1. The van der Waals surface area contributed by atoms with Gasteiger partial charge in [0, 0.05) is 87.8 Å². The molecule has 0 radical (unpaired) electrons. The maximum absolute atomic E-state index is 14.3. The second kappa shape index (κ2) is 40.9. The lowest BCUT2D eigenvalue weighted by Crippen LogP contribution is -2.52. The number of hydrogen-bond acceptors (Lipinski definition) is 17. The molecule has 1 saturated carbocycles. The number of hydrogen-bond donors (Lipinski definition) is 3. The highest BCUT2D eigenvalue weighted by molar-refractivity contribution is 7.12. The summed E-state index contributed by atoms with van der Waals surface area (Å²) in [6.07, 6.45) is 2.99. The van der Waals surface area contributed by atoms with E-state index in [9.17, 15) is 37.1 Å². The largest absolute Gasteiger partial charge is 0.454 e. The van der Waals surface area contributed by atoms with Crippen LogP contribution in [0.2, 0.25) is 10.0 Å². The molecule has 520 valence electrons. The van der Waals surface area contributed by atoms with Crippen LogP contribution in [0.5, 0.6) is 11.5 Å². The number of aryl methyl sites for hydroxylation is 1. The number of ether oxygens (including phenoxy) is 9. The number of para-hydroxylation sites is 2. The smallest absolute Gasteiger partial charge is 0.272 e. The Labute approximate surface area is 567 Å². The van der Waals surface area contributed by atoms with Gasteiger partial charge in [0.2, 0.25) is 23.6 Å². The fourth-order valence-corrected chi connectivity index (χ4v) is 11.9. The highest BCUT2D eigenvalue weighted by Gasteiger charge is 2.38. The number of nitrogens with one attached hydrogen (secondary N) is 2. The van der Waals surface area contributed by atoms with E-state index in [0.717, 1.165) is 29.5 Å². The van der Waals surface area contributed by atoms with Crippen LogP contribution in [0.25, 0.3) is 0 Å². The van der Waals surface area contributed by atoms with Gasteiger partial charge in [0.15, 0.2) is 17.4 Å². The molecule has 0 bridgehead atoms. The molecule has 8 rings (SSSR count). The highest BCUT2D eigenvalue weighted by atomic mass is 35.5. The van der Waals surface area contributed by atoms with Gasteiger partial charge in [-0.15, -0.1) is 11.3 Å². The first-order valence-electron chi connectivity index (χ1n) is 31.8. The summed E-state index contributed by atoms with van der Waals surface area (Å²) in [5.74, 6) is -4.33. The van der Waals surface area contributed by atoms with E-state index < -0.39 is 41.3 Å². The predicted molar refractivity (Wildman–Crippen MR) is 356 cm³/mol. The van der Waals surface area contributed by atoms with Crippen molar-refractivity contribution >= 4 is 75.4 Å². The van der Waals surface area contributed by atoms with E-state index >= 15 is 0 Å². The minimum atomic E-state index is -1.33. The molecule has 95 heavy (non-hydrogen) atoms. The van der Waals surface area contributed by atoms with Gasteiger partial charge in [-0.05, 0) is 84.5 Å². The summed E-state index contributed by atoms with van der Waals surface area (Å²) in [5, 5.41) is 8.16. The van der Waals surface area contributed by atoms with Crippen molar-refractivity contribution in [3.63, 3.8) is 0 Å². The van der Waals surface area contributed by atoms with Crippen molar-refractivity contribution in [1.82, 2.24) is 20.4 Å². The monoisotopic (exact) mass is 1390 g/mol. The Balaban J connectivity index is 0.0000128. The van der Waals surface area contributed by atoms with Crippen LogP contribution in [0.3, 0.4) is 0 Å². The quantitative estimate of drug-likeness (QED) is 0.0246. The topological polar surface area (TPSA) is 231 Å². The van der Waals surface area contributed by atoms with Crippen LogP contribution >= 0.6 is 34.5 Å². The first-order chi connectivity index (χ1) is 45.7. The second-order valence-corrected chi connectivity index (χ2v) is 24.2. The van der Waals surface area contributed by atoms with Crippen LogP contribution in [0.4, 0.5) is 24.5 Å². The molecule has 1 saturated heterocycles. The van der Waals surface area contributed by atoms with E-state index in [1.807, 2.05) is 58.8 Å². The fourth-order valence-electron chi connectivity index (χ4n) is 10.7. The number of nitrogens with zero attached hydrogens (tertiary/aromatic N) is 4. The molecule has 3 aliphatic rings. The number of carbonyl (C=O) groups excluding carboxylic acids is 5. The van der Waals surface area contributed by atoms with E-state index in [4.69, 9.17) is 71.6 Å². The lowest BCUT2D eigenvalue weighted by molar-refractivity contribution is -0.145. The maximum atomic E-state index is 14.3. The van der Waals surface area contributed by atoms with Gasteiger partial charge in [0.1, 0.15) is 22.5 Å². The third kappa shape index (κ3) is 24.9. The van der Waals surface area contributed by atoms with Crippen LogP contribution in [0.15, 0.2) is 90.3 Å². The number of rotatable bonds is 42. The van der Waals surface area contributed by atoms with Crippen LogP contribution in [-0.4, -0.2) is 209 Å². The zero-order valence-electron chi connectivity index (χ0n) is 52.7. The Hall–Kier alpha value is -6.46. The molecule has 27 heteroatoms. The Kier molecular flexibility index (Phi) is 32.7. The van der Waals surface area contributed by atoms with Crippen molar-refractivity contribution in [2.75, 3.05) is 161 Å². The van der Waals surface area contributed by atoms with Gasteiger partial charge in [-0.3, -0.25) is 24.0 Å². The van der Waals surface area contributed by atoms with Crippen LogP contribution in [0, 0.1) is 17.5 Å². The summed E-state index contributed by atoms with van der Waals surface area (Å²) >= 11 is 14.6. The fraction of sp³-hybridized carbons (Fsp3) is 0.515. The Morgan fingerprint density at radius 1 is 0.611 bits per heavy atom. The minimum Gasteiger partial charge on any atom is -0.454 e. The molecule has 4 aromatic carbocycles. The van der Waals surface area contributed by atoms with Gasteiger partial charge in [-0.1, -0.05) is 73.1 Å². The van der Waals surface area contributed by atoms with Crippen molar-refractivity contribution in [3.05, 3.63) is 139 Å². The summed E-state index contributed by atoms with van der Waals surface area (Å²) in [6.45, 7) is 7.95. The van der Waals surface area contributed by atoms with Gasteiger partial charge < -0.3 is 78.6 Å². The van der Waals surface area contributed by atoms with E-state index in [2.05, 4.69) is 21.6 Å². The Morgan fingerprint density at radius 2 is 1.17 bits per heavy atom. The molecule has 2 fully saturated rings. The number of fused-ring (bicyclic) bond motifs is 1. The molecule has 5 amide bonds. The number of benzene rings is 4. The zero-order valence-corrected chi connectivity index (χ0v) is 55.0. The van der Waals surface area contributed by atoms with Crippen molar-refractivity contribution in [2.24, 2.45) is 5.73 Å². The SMILES string of the molecule is C.N[C@@H](CC(=O)N1CCCN(CC(=O)NCCOCCOCCOCCOCCOCCOCCOCCOCCNC(=O)CCc2cc(Cl)c(Oc3ccsc3C(=O)N3CCN(C4CC4)c4ccccc43)cc2Cl)C(=O)C1Cc1ccccc1)Cc1cc(F)c(F)cc1F. The average molecular weight is 1390 g/mol. The zero-order chi connectivity index (χ0) is 66.4. The molecule has 1 aromatic heterocycles. The van der Waals surface area contributed by atoms with Gasteiger partial charge in [0.25, 0.3) is 5.91 Å². The lowest BCUT2D eigenvalue weighted by atomic mass is 10.00. The molecular formula is C68H88Cl2F3N7O14S. The third-order valence-corrected chi connectivity index (χ3v) is 17.1. The molecule has 0 spiro atoms. The minimum absolute atomic E-state index is 0. The third-order valence-electron chi connectivity index (χ3n) is 15.5. The summed E-state index contributed by atoms with van der Waals surface area (Å²) in [4.78, 5) is 74.8. The molecule has 2 atom stereocenters. The Bertz CT molecular complexity index is 3210. The number of nitrogens with two attached hydrogens (primary N) is 1. The average Bonchev–Trinajstić information content (AvgIpc) is 1.73. The number of amides is 5. The number of anilines is 2. The summed E-state index contributed by atoms with van der Waals surface area (Å²) in [5.41, 5.74) is 9.51. The van der Waals surface area contributed by atoms with E-state index in [1.165, 1.54) is 34.0 Å². The number of halogens is 5. The first kappa shape index (κ1) is 75.9. The van der Waals surface area contributed by atoms with E-state index in [0.29, 0.717) is 169 Å².